The fourth-order valence-corrected chi connectivity index (χ4v) is 8.52. The van der Waals surface area contributed by atoms with Gasteiger partial charge in [-0.1, -0.05) is 107 Å². The molecule has 14 nitrogen and oxygen atoms in total. The molecule has 0 saturated carbocycles. The first kappa shape index (κ1) is 60.0. The molecule has 0 N–H and O–H groups in total. The Hall–Kier alpha value is -8.26. The summed E-state index contributed by atoms with van der Waals surface area (Å²) in [4.78, 5) is 77.2. The van der Waals surface area contributed by atoms with Crippen molar-refractivity contribution in [2.24, 2.45) is 0 Å². The van der Waals surface area contributed by atoms with Crippen molar-refractivity contribution >= 4 is 35.8 Å². The SMILES string of the molecule is CCCCCCC(C)OC(=O)c1ccc(-c2ccc(OC(=O)c3ccc(OC(=O)CCCCCC(=O)Oc4ccc(C(=O)Oc5ccc(-c6ccc(C(=O)OC(C)CCCCCC)cc6)cc5)cc4OC)c(OC)c3)cc2)cc1. The van der Waals surface area contributed by atoms with Crippen LogP contribution in [0.25, 0.3) is 22.3 Å². The monoisotopic (exact) mass is 1080 g/mol. The number of methoxy groups -OCH3 is 2. The van der Waals surface area contributed by atoms with Gasteiger partial charge in [0.1, 0.15) is 11.5 Å². The van der Waals surface area contributed by atoms with E-state index in [2.05, 4.69) is 13.8 Å². The summed E-state index contributed by atoms with van der Waals surface area (Å²) in [5, 5.41) is 0. The average molecular weight is 1080 g/mol. The van der Waals surface area contributed by atoms with Crippen LogP contribution in [0.4, 0.5) is 0 Å². The Labute approximate surface area is 463 Å². The van der Waals surface area contributed by atoms with Crippen LogP contribution in [0.15, 0.2) is 133 Å². The zero-order valence-electron chi connectivity index (χ0n) is 46.2. The number of unbranched alkanes of at least 4 members (excludes halogenated alkanes) is 8. The van der Waals surface area contributed by atoms with E-state index in [0.29, 0.717) is 41.9 Å². The molecule has 6 rings (SSSR count). The lowest BCUT2D eigenvalue weighted by molar-refractivity contribution is -0.135. The molecule has 2 atom stereocenters. The predicted octanol–water partition coefficient (Wildman–Crippen LogP) is 15.0. The molecule has 0 spiro atoms. The lowest BCUT2D eigenvalue weighted by Crippen LogP contribution is -2.15. The Morgan fingerprint density at radius 1 is 0.354 bits per heavy atom. The zero-order valence-corrected chi connectivity index (χ0v) is 46.2. The lowest BCUT2D eigenvalue weighted by atomic mass is 10.0. The van der Waals surface area contributed by atoms with E-state index in [1.165, 1.54) is 63.5 Å². The van der Waals surface area contributed by atoms with E-state index in [0.717, 1.165) is 73.6 Å². The van der Waals surface area contributed by atoms with Gasteiger partial charge < -0.3 is 37.9 Å². The second-order valence-corrected chi connectivity index (χ2v) is 19.4. The maximum absolute atomic E-state index is 13.1. The molecule has 0 radical (unpaired) electrons. The van der Waals surface area contributed by atoms with E-state index in [1.54, 1.807) is 48.5 Å². The smallest absolute Gasteiger partial charge is 0.343 e. The third-order valence-electron chi connectivity index (χ3n) is 13.1. The fraction of sp³-hybridized carbons (Fsp3) is 0.354. The van der Waals surface area contributed by atoms with E-state index < -0.39 is 23.9 Å². The highest BCUT2D eigenvalue weighted by Crippen LogP contribution is 2.32. The molecule has 0 aliphatic heterocycles. The summed E-state index contributed by atoms with van der Waals surface area (Å²) in [7, 11) is 2.79. The van der Waals surface area contributed by atoms with Crippen LogP contribution in [-0.4, -0.2) is 62.2 Å². The molecule has 0 amide bonds. The first-order valence-corrected chi connectivity index (χ1v) is 27.3. The minimum Gasteiger partial charge on any atom is -0.493 e. The van der Waals surface area contributed by atoms with Crippen molar-refractivity contribution in [2.45, 2.75) is 136 Å². The summed E-state index contributed by atoms with van der Waals surface area (Å²) in [6, 6.07) is 37.0. The van der Waals surface area contributed by atoms with Crippen LogP contribution in [-0.2, 0) is 19.1 Å². The summed E-state index contributed by atoms with van der Waals surface area (Å²) in [6.07, 6.45) is 11.9. The van der Waals surface area contributed by atoms with E-state index in [4.69, 9.17) is 37.9 Å². The number of carbonyl (C=O) groups is 6. The highest BCUT2D eigenvalue weighted by Gasteiger charge is 2.20. The average Bonchev–Trinajstić information content (AvgIpc) is 3.47. The van der Waals surface area contributed by atoms with Crippen LogP contribution in [0.3, 0.4) is 0 Å². The third-order valence-corrected chi connectivity index (χ3v) is 13.1. The number of benzene rings is 6. The summed E-state index contributed by atoms with van der Waals surface area (Å²) in [5.74, 6) is -1.78. The van der Waals surface area contributed by atoms with Gasteiger partial charge in [-0.2, -0.15) is 0 Å². The molecule has 0 heterocycles. The Morgan fingerprint density at radius 2 is 0.684 bits per heavy atom. The standard InChI is InChI=1S/C65H72O14/c1-7-9-11-14-18-44(3)74-62(68)50-26-22-46(23-27-50)48-30-36-54(37-31-48)76-64(70)52-34-40-56(58(42-52)72-5)78-60(66)20-16-13-17-21-61(67)79-57-41-35-53(43-59(57)73-6)65(71)77-55-38-32-49(33-39-55)47-24-28-51(29-25-47)63(69)75-45(4)19-15-12-10-8-2/h22-45H,7-21H2,1-6H3. The van der Waals surface area contributed by atoms with Crippen LogP contribution in [0.2, 0.25) is 0 Å². The molecule has 6 aromatic carbocycles. The molecule has 0 fully saturated rings. The number of esters is 6. The van der Waals surface area contributed by atoms with Crippen molar-refractivity contribution in [1.29, 1.82) is 0 Å². The molecule has 2 unspecified atom stereocenters. The van der Waals surface area contributed by atoms with Gasteiger partial charge in [-0.25, -0.2) is 19.2 Å². The Balaban J connectivity index is 0.885. The van der Waals surface area contributed by atoms with Crippen LogP contribution in [0.5, 0.6) is 34.5 Å². The van der Waals surface area contributed by atoms with Crippen molar-refractivity contribution in [3.05, 3.63) is 156 Å². The Morgan fingerprint density at radius 3 is 1.03 bits per heavy atom. The zero-order chi connectivity index (χ0) is 56.5. The van der Waals surface area contributed by atoms with Gasteiger partial charge in [0.2, 0.25) is 0 Å². The first-order chi connectivity index (χ1) is 38.3. The van der Waals surface area contributed by atoms with E-state index in [-0.39, 0.29) is 71.1 Å². The maximum Gasteiger partial charge on any atom is 0.343 e. The Kier molecular flexibility index (Phi) is 23.7. The van der Waals surface area contributed by atoms with Crippen LogP contribution in [0, 0.1) is 0 Å². The molecule has 416 valence electrons. The van der Waals surface area contributed by atoms with Crippen LogP contribution in [0.1, 0.15) is 165 Å². The minimum absolute atomic E-state index is 0.0643. The topological polar surface area (TPSA) is 176 Å². The van der Waals surface area contributed by atoms with Gasteiger partial charge in [0.05, 0.1) is 48.7 Å². The van der Waals surface area contributed by atoms with Crippen LogP contribution < -0.4 is 28.4 Å². The van der Waals surface area contributed by atoms with E-state index in [1.807, 2.05) is 62.4 Å². The summed E-state index contributed by atoms with van der Waals surface area (Å²) >= 11 is 0. The van der Waals surface area contributed by atoms with Gasteiger partial charge in [-0.05, 0) is 160 Å². The van der Waals surface area contributed by atoms with Crippen molar-refractivity contribution in [3.63, 3.8) is 0 Å². The van der Waals surface area contributed by atoms with Crippen molar-refractivity contribution in [1.82, 2.24) is 0 Å². The summed E-state index contributed by atoms with van der Waals surface area (Å²) in [5.41, 5.74) is 4.80. The van der Waals surface area contributed by atoms with Gasteiger partial charge in [-0.3, -0.25) is 9.59 Å². The maximum atomic E-state index is 13.1. The van der Waals surface area contributed by atoms with Crippen molar-refractivity contribution in [3.8, 4) is 56.8 Å². The molecule has 6 aromatic rings. The molecule has 79 heavy (non-hydrogen) atoms. The van der Waals surface area contributed by atoms with Gasteiger partial charge >= 0.3 is 35.8 Å². The normalized spacial score (nSPS) is 11.6. The van der Waals surface area contributed by atoms with Crippen molar-refractivity contribution < 1.29 is 66.7 Å². The molecule has 0 aliphatic rings. The minimum atomic E-state index is -0.639. The van der Waals surface area contributed by atoms with Gasteiger partial charge in [0.25, 0.3) is 0 Å². The molecular formula is C65H72O14. The number of hydrogen-bond acceptors (Lipinski definition) is 14. The summed E-state index contributed by atoms with van der Waals surface area (Å²) < 4.78 is 44.4. The van der Waals surface area contributed by atoms with Gasteiger partial charge in [-0.15, -0.1) is 0 Å². The van der Waals surface area contributed by atoms with Crippen molar-refractivity contribution in [2.75, 3.05) is 14.2 Å². The Bertz CT molecular complexity index is 2740. The molecule has 0 saturated heterocycles. The van der Waals surface area contributed by atoms with Gasteiger partial charge in [0.15, 0.2) is 23.0 Å². The lowest BCUT2D eigenvalue weighted by Gasteiger charge is -2.13. The highest BCUT2D eigenvalue weighted by atomic mass is 16.6. The van der Waals surface area contributed by atoms with Crippen LogP contribution >= 0.6 is 0 Å². The largest absolute Gasteiger partial charge is 0.493 e. The second-order valence-electron chi connectivity index (χ2n) is 19.4. The molecule has 0 aromatic heterocycles. The second kappa shape index (κ2) is 31.2. The molecule has 0 bridgehead atoms. The van der Waals surface area contributed by atoms with E-state index >= 15 is 0 Å². The predicted molar refractivity (Wildman–Crippen MR) is 301 cm³/mol. The first-order valence-electron chi connectivity index (χ1n) is 27.3. The quantitative estimate of drug-likeness (QED) is 0.0236. The van der Waals surface area contributed by atoms with E-state index in [9.17, 15) is 28.8 Å². The molecular weight excluding hydrogens is 1000 g/mol. The number of ether oxygens (including phenoxy) is 8. The number of rotatable bonds is 30. The molecule has 14 heteroatoms. The number of hydrogen-bond donors (Lipinski definition) is 0. The van der Waals surface area contributed by atoms with Gasteiger partial charge in [0, 0.05) is 12.8 Å². The number of carbonyl (C=O) groups excluding carboxylic acids is 6. The summed E-state index contributed by atoms with van der Waals surface area (Å²) in [6.45, 7) is 8.17. The molecule has 0 aliphatic carbocycles. The third kappa shape index (κ3) is 19.0. The highest BCUT2D eigenvalue weighted by molar-refractivity contribution is 5.94. The fourth-order valence-electron chi connectivity index (χ4n) is 8.52.